The summed E-state index contributed by atoms with van der Waals surface area (Å²) in [5.41, 5.74) is 6.98. The zero-order valence-corrected chi connectivity index (χ0v) is 14.9. The minimum absolute atomic E-state index is 0. The fourth-order valence-corrected chi connectivity index (χ4v) is 2.01. The van der Waals surface area contributed by atoms with Gasteiger partial charge in [-0.25, -0.2) is 0 Å². The maximum absolute atomic E-state index is 12.1. The second kappa shape index (κ2) is 9.70. The highest BCUT2D eigenvalue weighted by Crippen LogP contribution is 2.19. The highest BCUT2D eigenvalue weighted by molar-refractivity contribution is 5.85. The van der Waals surface area contributed by atoms with E-state index in [2.05, 4.69) is 5.32 Å². The van der Waals surface area contributed by atoms with Crippen molar-refractivity contribution >= 4 is 18.3 Å². The van der Waals surface area contributed by atoms with Crippen LogP contribution in [0.25, 0.3) is 0 Å². The number of carbonyl (C=O) groups excluding carboxylic acids is 1. The lowest BCUT2D eigenvalue weighted by atomic mass is 9.98. The molecule has 0 aromatic heterocycles. The normalized spacial score (nSPS) is 14.7. The van der Waals surface area contributed by atoms with Crippen LogP contribution in [0.4, 0.5) is 0 Å². The average molecular weight is 329 g/mol. The van der Waals surface area contributed by atoms with Crippen LogP contribution in [0, 0.1) is 5.92 Å². The van der Waals surface area contributed by atoms with E-state index >= 15 is 0 Å². The van der Waals surface area contributed by atoms with E-state index < -0.39 is 6.04 Å². The molecule has 0 saturated carbocycles. The van der Waals surface area contributed by atoms with Crippen molar-refractivity contribution in [1.29, 1.82) is 0 Å². The number of ether oxygens (including phenoxy) is 1. The Balaban J connectivity index is 0.00000441. The van der Waals surface area contributed by atoms with E-state index in [1.807, 2.05) is 58.9 Å². The average Bonchev–Trinajstić information content (AvgIpc) is 2.45. The van der Waals surface area contributed by atoms with Gasteiger partial charge in [0.1, 0.15) is 5.75 Å². The molecule has 1 rings (SSSR count). The minimum atomic E-state index is -0.457. The van der Waals surface area contributed by atoms with Crippen molar-refractivity contribution in [3.8, 4) is 5.75 Å². The summed E-state index contributed by atoms with van der Waals surface area (Å²) in [6.07, 6.45) is 1.05. The molecule has 4 nitrogen and oxygen atoms in total. The van der Waals surface area contributed by atoms with Gasteiger partial charge >= 0.3 is 0 Å². The molecule has 22 heavy (non-hydrogen) atoms. The molecule has 0 bridgehead atoms. The second-order valence-corrected chi connectivity index (χ2v) is 5.88. The zero-order chi connectivity index (χ0) is 16.0. The van der Waals surface area contributed by atoms with Crippen molar-refractivity contribution < 1.29 is 9.53 Å². The van der Waals surface area contributed by atoms with Crippen molar-refractivity contribution in [3.63, 3.8) is 0 Å². The Labute approximate surface area is 140 Å². The second-order valence-electron chi connectivity index (χ2n) is 5.88. The number of amides is 1. The monoisotopic (exact) mass is 328 g/mol. The molecule has 0 radical (unpaired) electrons. The lowest BCUT2D eigenvalue weighted by Gasteiger charge is -2.21. The highest BCUT2D eigenvalue weighted by atomic mass is 35.5. The molecule has 0 fully saturated rings. The highest BCUT2D eigenvalue weighted by Gasteiger charge is 2.21. The maximum atomic E-state index is 12.1. The van der Waals surface area contributed by atoms with Gasteiger partial charge in [0.25, 0.3) is 0 Å². The molecular weight excluding hydrogens is 300 g/mol. The lowest BCUT2D eigenvalue weighted by Crippen LogP contribution is -2.45. The van der Waals surface area contributed by atoms with Crippen LogP contribution in [0.15, 0.2) is 24.3 Å². The summed E-state index contributed by atoms with van der Waals surface area (Å²) in [4.78, 5) is 12.1. The first-order valence-electron chi connectivity index (χ1n) is 7.67. The van der Waals surface area contributed by atoms with Crippen LogP contribution in [0.3, 0.4) is 0 Å². The van der Waals surface area contributed by atoms with Gasteiger partial charge in [-0.3, -0.25) is 4.79 Å². The zero-order valence-electron chi connectivity index (χ0n) is 14.1. The van der Waals surface area contributed by atoms with E-state index in [0.717, 1.165) is 17.7 Å². The van der Waals surface area contributed by atoms with Gasteiger partial charge < -0.3 is 15.8 Å². The Bertz CT molecular complexity index is 448. The number of halogens is 1. The fraction of sp³-hybridized carbons (Fsp3) is 0.588. The quantitative estimate of drug-likeness (QED) is 0.805. The molecule has 3 N–H and O–H groups in total. The van der Waals surface area contributed by atoms with Gasteiger partial charge in [-0.2, -0.15) is 0 Å². The first-order valence-corrected chi connectivity index (χ1v) is 7.67. The largest absolute Gasteiger partial charge is 0.491 e. The third-order valence-corrected chi connectivity index (χ3v) is 3.67. The van der Waals surface area contributed by atoms with Crippen molar-refractivity contribution in [2.24, 2.45) is 11.7 Å². The van der Waals surface area contributed by atoms with Crippen LogP contribution >= 0.6 is 12.4 Å². The molecule has 0 saturated heterocycles. The summed E-state index contributed by atoms with van der Waals surface area (Å²) in [7, 11) is 0. The molecule has 1 amide bonds. The summed E-state index contributed by atoms with van der Waals surface area (Å²) < 4.78 is 5.61. The Morgan fingerprint density at radius 1 is 1.18 bits per heavy atom. The minimum Gasteiger partial charge on any atom is -0.491 e. The number of hydrogen-bond acceptors (Lipinski definition) is 3. The van der Waals surface area contributed by atoms with Crippen LogP contribution < -0.4 is 15.8 Å². The fourth-order valence-electron chi connectivity index (χ4n) is 2.01. The molecule has 0 aliphatic rings. The van der Waals surface area contributed by atoms with Gasteiger partial charge in [0, 0.05) is 0 Å². The smallest absolute Gasteiger partial charge is 0.237 e. The SMILES string of the molecule is CCC(C)C(N)C(=O)NC(C)c1ccc(OC(C)C)cc1.Cl. The molecule has 0 spiro atoms. The van der Waals surface area contributed by atoms with Gasteiger partial charge in [-0.05, 0) is 44.4 Å². The predicted octanol–water partition coefficient (Wildman–Crippen LogP) is 3.45. The molecule has 5 heteroatoms. The molecule has 0 aliphatic carbocycles. The Hall–Kier alpha value is -1.26. The van der Waals surface area contributed by atoms with Crippen LogP contribution in [0.1, 0.15) is 52.6 Å². The van der Waals surface area contributed by atoms with Gasteiger partial charge in [-0.1, -0.05) is 32.4 Å². The first-order chi connectivity index (χ1) is 9.85. The van der Waals surface area contributed by atoms with E-state index in [0.29, 0.717) is 0 Å². The maximum Gasteiger partial charge on any atom is 0.237 e. The van der Waals surface area contributed by atoms with E-state index in [-0.39, 0.29) is 36.4 Å². The van der Waals surface area contributed by atoms with Crippen molar-refractivity contribution in [1.82, 2.24) is 5.32 Å². The van der Waals surface area contributed by atoms with Crippen molar-refractivity contribution in [2.75, 3.05) is 0 Å². The molecular formula is C17H29ClN2O2. The van der Waals surface area contributed by atoms with E-state index in [1.165, 1.54) is 0 Å². The predicted molar refractivity (Wildman–Crippen MR) is 93.4 cm³/mol. The van der Waals surface area contributed by atoms with E-state index in [4.69, 9.17) is 10.5 Å². The summed E-state index contributed by atoms with van der Waals surface area (Å²) >= 11 is 0. The van der Waals surface area contributed by atoms with E-state index in [9.17, 15) is 4.79 Å². The molecule has 1 aromatic carbocycles. The van der Waals surface area contributed by atoms with Gasteiger partial charge in [0.05, 0.1) is 18.2 Å². The van der Waals surface area contributed by atoms with Crippen molar-refractivity contribution in [3.05, 3.63) is 29.8 Å². The Morgan fingerprint density at radius 3 is 2.18 bits per heavy atom. The summed E-state index contributed by atoms with van der Waals surface area (Å²) in [5, 5.41) is 2.97. The lowest BCUT2D eigenvalue weighted by molar-refractivity contribution is -0.124. The number of carbonyl (C=O) groups is 1. The number of nitrogens with two attached hydrogens (primary N) is 1. The van der Waals surface area contributed by atoms with E-state index in [1.54, 1.807) is 0 Å². The summed E-state index contributed by atoms with van der Waals surface area (Å²) in [5.74, 6) is 0.918. The number of nitrogens with one attached hydrogen (secondary N) is 1. The number of hydrogen-bond donors (Lipinski definition) is 2. The van der Waals surface area contributed by atoms with Gasteiger partial charge in [-0.15, -0.1) is 12.4 Å². The van der Waals surface area contributed by atoms with Crippen molar-refractivity contribution in [2.45, 2.75) is 59.2 Å². The topological polar surface area (TPSA) is 64.4 Å². The Morgan fingerprint density at radius 2 is 1.73 bits per heavy atom. The standard InChI is InChI=1S/C17H28N2O2.ClH/c1-6-12(4)16(18)17(20)19-13(5)14-7-9-15(10-8-14)21-11(2)3;/h7-13,16H,6,18H2,1-5H3,(H,19,20);1H. The van der Waals surface area contributed by atoms with Crippen LogP contribution in [-0.4, -0.2) is 18.1 Å². The Kier molecular flexibility index (Phi) is 9.14. The molecule has 3 unspecified atom stereocenters. The molecule has 126 valence electrons. The van der Waals surface area contributed by atoms with Gasteiger partial charge in [0.2, 0.25) is 5.91 Å². The first kappa shape index (κ1) is 20.7. The van der Waals surface area contributed by atoms with Crippen LogP contribution in [-0.2, 0) is 4.79 Å². The number of rotatable bonds is 7. The number of benzene rings is 1. The summed E-state index contributed by atoms with van der Waals surface area (Å²) in [6.45, 7) is 9.97. The molecule has 1 aromatic rings. The molecule has 0 heterocycles. The van der Waals surface area contributed by atoms with Crippen LogP contribution in [0.2, 0.25) is 0 Å². The molecule has 0 aliphatic heterocycles. The third kappa shape index (κ3) is 6.24. The summed E-state index contributed by atoms with van der Waals surface area (Å²) in [6, 6.07) is 7.26. The van der Waals surface area contributed by atoms with Gasteiger partial charge in [0.15, 0.2) is 0 Å². The third-order valence-electron chi connectivity index (χ3n) is 3.67. The molecule has 3 atom stereocenters. The van der Waals surface area contributed by atoms with Crippen LogP contribution in [0.5, 0.6) is 5.75 Å².